The third kappa shape index (κ3) is 4.11. The van der Waals surface area contributed by atoms with E-state index in [1.807, 2.05) is 48.5 Å². The van der Waals surface area contributed by atoms with Gasteiger partial charge in [0.2, 0.25) is 5.78 Å². The highest BCUT2D eigenvalue weighted by atomic mass is 79.9. The second-order valence-electron chi connectivity index (χ2n) is 8.52. The van der Waals surface area contributed by atoms with E-state index in [0.29, 0.717) is 17.0 Å². The number of anilines is 3. The van der Waals surface area contributed by atoms with Gasteiger partial charge >= 0.3 is 0 Å². The lowest BCUT2D eigenvalue weighted by molar-refractivity contribution is -0.117. The predicted octanol–water partition coefficient (Wildman–Crippen LogP) is 7.31. The summed E-state index contributed by atoms with van der Waals surface area (Å²) in [5.74, 6) is -1.58. The first-order valence-corrected chi connectivity index (χ1v) is 12.2. The summed E-state index contributed by atoms with van der Waals surface area (Å²) in [4.78, 5) is 28.3. The summed E-state index contributed by atoms with van der Waals surface area (Å²) in [6.07, 6.45) is 1.46. The number of hydrogen-bond donors (Lipinski definition) is 2. The molecule has 0 saturated heterocycles. The number of nitrogens with one attached hydrogen (secondary N) is 1. The number of ketones is 1. The Morgan fingerprint density at radius 2 is 1.68 bits per heavy atom. The van der Waals surface area contributed by atoms with Gasteiger partial charge in [0.05, 0.1) is 11.8 Å². The Bertz CT molecular complexity index is 1650. The molecule has 1 unspecified atom stereocenters. The monoisotopic (exact) mass is 554 g/mol. The Morgan fingerprint density at radius 3 is 2.41 bits per heavy atom. The van der Waals surface area contributed by atoms with Gasteiger partial charge in [-0.05, 0) is 72.8 Å². The number of halogens is 1. The first-order valence-electron chi connectivity index (χ1n) is 11.5. The number of aliphatic hydroxyl groups excluding tert-OH is 1. The topological polar surface area (TPSA) is 95.9 Å². The molecule has 1 aliphatic heterocycles. The quantitative estimate of drug-likeness (QED) is 0.213. The zero-order chi connectivity index (χ0) is 25.5. The molecular formula is C29H19BrN2O5. The van der Waals surface area contributed by atoms with Crippen molar-refractivity contribution < 1.29 is 23.5 Å². The van der Waals surface area contributed by atoms with Crippen LogP contribution in [-0.2, 0) is 4.79 Å². The second kappa shape index (κ2) is 9.15. The molecule has 8 heteroatoms. The number of nitrogens with zero attached hydrogens (tertiary/aromatic N) is 1. The van der Waals surface area contributed by atoms with Crippen LogP contribution in [0.1, 0.15) is 22.4 Å². The Balaban J connectivity index is 1.37. The maximum Gasteiger partial charge on any atom is 0.294 e. The first kappa shape index (κ1) is 22.9. The molecule has 37 heavy (non-hydrogen) atoms. The van der Waals surface area contributed by atoms with Crippen molar-refractivity contribution >= 4 is 55.7 Å². The van der Waals surface area contributed by atoms with Crippen LogP contribution in [0.15, 0.2) is 122 Å². The predicted molar refractivity (Wildman–Crippen MR) is 143 cm³/mol. The number of hydrogen-bond acceptors (Lipinski definition) is 6. The lowest BCUT2D eigenvalue weighted by atomic mass is 9.99. The molecule has 0 spiro atoms. The van der Waals surface area contributed by atoms with Gasteiger partial charge in [0.1, 0.15) is 17.4 Å². The van der Waals surface area contributed by atoms with E-state index in [9.17, 15) is 14.7 Å². The SMILES string of the molecule is O=C(C1=C(O)C(=O)N(c2ccc(Nc3ccccc3)cc2)C1c1ccco1)c1cc2cc(Br)ccc2o1. The minimum atomic E-state index is -0.970. The number of fused-ring (bicyclic) bond motifs is 1. The highest BCUT2D eigenvalue weighted by Crippen LogP contribution is 2.43. The van der Waals surface area contributed by atoms with Crippen LogP contribution in [0.4, 0.5) is 17.1 Å². The molecule has 7 nitrogen and oxygen atoms in total. The minimum Gasteiger partial charge on any atom is -0.503 e. The van der Waals surface area contributed by atoms with Gasteiger partial charge in [-0.15, -0.1) is 0 Å². The summed E-state index contributed by atoms with van der Waals surface area (Å²) < 4.78 is 12.2. The van der Waals surface area contributed by atoms with Crippen molar-refractivity contribution in [2.75, 3.05) is 10.2 Å². The van der Waals surface area contributed by atoms with E-state index >= 15 is 0 Å². The van der Waals surface area contributed by atoms with Gasteiger partial charge in [-0.1, -0.05) is 34.1 Å². The zero-order valence-electron chi connectivity index (χ0n) is 19.2. The normalized spacial score (nSPS) is 15.5. The Hall–Kier alpha value is -4.56. The fraction of sp³-hybridized carbons (Fsp3) is 0.0345. The number of carbonyl (C=O) groups is 2. The van der Waals surface area contributed by atoms with Crippen LogP contribution in [0.2, 0.25) is 0 Å². The average molecular weight is 555 g/mol. The molecule has 6 rings (SSSR count). The molecule has 0 fully saturated rings. The summed E-state index contributed by atoms with van der Waals surface area (Å²) in [5, 5.41) is 14.9. The molecule has 2 aromatic heterocycles. The number of carbonyl (C=O) groups excluding carboxylic acids is 2. The smallest absolute Gasteiger partial charge is 0.294 e. The third-order valence-electron chi connectivity index (χ3n) is 6.18. The molecule has 3 aromatic carbocycles. The molecule has 0 aliphatic carbocycles. The number of benzene rings is 3. The van der Waals surface area contributed by atoms with Crippen LogP contribution >= 0.6 is 15.9 Å². The van der Waals surface area contributed by atoms with Crippen molar-refractivity contribution in [3.05, 3.63) is 125 Å². The number of amides is 1. The van der Waals surface area contributed by atoms with E-state index in [1.54, 1.807) is 42.5 Å². The van der Waals surface area contributed by atoms with Gasteiger partial charge in [0.15, 0.2) is 11.5 Å². The van der Waals surface area contributed by atoms with E-state index in [2.05, 4.69) is 21.2 Å². The molecule has 1 aliphatic rings. The molecule has 5 aromatic rings. The maximum atomic E-state index is 13.6. The van der Waals surface area contributed by atoms with Gasteiger partial charge in [0.25, 0.3) is 5.91 Å². The Morgan fingerprint density at radius 1 is 0.919 bits per heavy atom. The zero-order valence-corrected chi connectivity index (χ0v) is 20.8. The summed E-state index contributed by atoms with van der Waals surface area (Å²) in [6.45, 7) is 0. The minimum absolute atomic E-state index is 0.0169. The number of para-hydroxylation sites is 1. The van der Waals surface area contributed by atoms with Crippen LogP contribution in [0.25, 0.3) is 11.0 Å². The molecule has 182 valence electrons. The average Bonchev–Trinajstić information content (AvgIpc) is 3.64. The van der Waals surface area contributed by atoms with Crippen molar-refractivity contribution in [3.8, 4) is 0 Å². The lowest BCUT2D eigenvalue weighted by Crippen LogP contribution is -2.30. The van der Waals surface area contributed by atoms with Crippen LogP contribution in [0, 0.1) is 0 Å². The number of aliphatic hydroxyl groups is 1. The summed E-state index contributed by atoms with van der Waals surface area (Å²) in [7, 11) is 0. The van der Waals surface area contributed by atoms with E-state index in [-0.39, 0.29) is 11.3 Å². The summed E-state index contributed by atoms with van der Waals surface area (Å²) in [5.41, 5.74) is 2.64. The molecule has 0 saturated carbocycles. The maximum absolute atomic E-state index is 13.6. The third-order valence-corrected chi connectivity index (χ3v) is 6.67. The van der Waals surface area contributed by atoms with Crippen LogP contribution < -0.4 is 10.2 Å². The number of rotatable bonds is 6. The molecule has 1 amide bonds. The Labute approximate surface area is 219 Å². The molecule has 1 atom stereocenters. The molecular weight excluding hydrogens is 536 g/mol. The van der Waals surface area contributed by atoms with Crippen LogP contribution in [0.5, 0.6) is 0 Å². The van der Waals surface area contributed by atoms with Gasteiger partial charge < -0.3 is 19.3 Å². The summed E-state index contributed by atoms with van der Waals surface area (Å²) >= 11 is 3.41. The van der Waals surface area contributed by atoms with E-state index in [4.69, 9.17) is 8.83 Å². The molecule has 0 bridgehead atoms. The van der Waals surface area contributed by atoms with Crippen molar-refractivity contribution in [2.24, 2.45) is 0 Å². The van der Waals surface area contributed by atoms with Gasteiger partial charge in [0, 0.05) is 26.9 Å². The summed E-state index contributed by atoms with van der Waals surface area (Å²) in [6, 6.07) is 26.2. The number of Topliss-reactive ketones (excluding diaryl/α,β-unsaturated/α-hetero) is 1. The number of furan rings is 2. The van der Waals surface area contributed by atoms with E-state index in [1.165, 1.54) is 11.2 Å². The van der Waals surface area contributed by atoms with Crippen LogP contribution in [-0.4, -0.2) is 16.8 Å². The van der Waals surface area contributed by atoms with Crippen molar-refractivity contribution in [1.29, 1.82) is 0 Å². The largest absolute Gasteiger partial charge is 0.503 e. The van der Waals surface area contributed by atoms with Gasteiger partial charge in [-0.25, -0.2) is 0 Å². The second-order valence-corrected chi connectivity index (χ2v) is 9.43. The lowest BCUT2D eigenvalue weighted by Gasteiger charge is -2.25. The van der Waals surface area contributed by atoms with E-state index in [0.717, 1.165) is 21.2 Å². The van der Waals surface area contributed by atoms with Crippen LogP contribution in [0.3, 0.4) is 0 Å². The Kier molecular flexibility index (Phi) is 5.65. The van der Waals surface area contributed by atoms with E-state index < -0.39 is 23.5 Å². The van der Waals surface area contributed by atoms with Crippen molar-refractivity contribution in [2.45, 2.75) is 6.04 Å². The fourth-order valence-corrected chi connectivity index (χ4v) is 4.85. The standard InChI is InChI=1S/C29H19BrN2O5/c30-18-8-13-22-17(15-18)16-24(37-22)27(33)25-26(23-7-4-14-36-23)32(29(35)28(25)34)21-11-9-20(10-12-21)31-19-5-2-1-3-6-19/h1-16,26,31,34H. The highest BCUT2D eigenvalue weighted by Gasteiger charge is 2.46. The van der Waals surface area contributed by atoms with Gasteiger partial charge in [-0.2, -0.15) is 0 Å². The molecule has 0 radical (unpaired) electrons. The molecule has 3 heterocycles. The first-order chi connectivity index (χ1) is 18.0. The van der Waals surface area contributed by atoms with Crippen molar-refractivity contribution in [3.63, 3.8) is 0 Å². The fourth-order valence-electron chi connectivity index (χ4n) is 4.47. The van der Waals surface area contributed by atoms with Gasteiger partial charge in [-0.3, -0.25) is 14.5 Å². The van der Waals surface area contributed by atoms with Crippen molar-refractivity contribution in [1.82, 2.24) is 0 Å². The highest BCUT2D eigenvalue weighted by molar-refractivity contribution is 9.10. The molecule has 2 N–H and O–H groups in total.